The number of nitrogens with two attached hydrogens (primary N) is 1. The van der Waals surface area contributed by atoms with Gasteiger partial charge in [-0.15, -0.1) is 0 Å². The summed E-state index contributed by atoms with van der Waals surface area (Å²) >= 11 is 0. The standard InChI is InChI=1S/C24H22N2O4/c1-2-16-19(13-21(25)27)24-20(30-14-22(28)29)11-6-12-26(24)23(16)18-10-5-8-15-7-3-4-9-17(15)18/h3-12H,2,13-14H2,1H3,(H2,25,27)(H,28,29). The van der Waals surface area contributed by atoms with Crippen molar-refractivity contribution >= 4 is 28.2 Å². The van der Waals surface area contributed by atoms with Crippen LogP contribution in [0.2, 0.25) is 0 Å². The van der Waals surface area contributed by atoms with Gasteiger partial charge < -0.3 is 20.0 Å². The Morgan fingerprint density at radius 1 is 1.03 bits per heavy atom. The van der Waals surface area contributed by atoms with Gasteiger partial charge in [-0.2, -0.15) is 0 Å². The zero-order valence-electron chi connectivity index (χ0n) is 16.6. The Bertz CT molecular complexity index is 1270. The van der Waals surface area contributed by atoms with Gasteiger partial charge in [0.25, 0.3) is 0 Å². The fourth-order valence-electron chi connectivity index (χ4n) is 4.13. The molecule has 0 saturated heterocycles. The van der Waals surface area contributed by atoms with Gasteiger partial charge in [-0.25, -0.2) is 4.79 Å². The van der Waals surface area contributed by atoms with Gasteiger partial charge in [0.2, 0.25) is 5.91 Å². The van der Waals surface area contributed by atoms with Gasteiger partial charge in [-0.3, -0.25) is 4.79 Å². The molecule has 152 valence electrons. The third-order valence-electron chi connectivity index (χ3n) is 5.23. The van der Waals surface area contributed by atoms with Gasteiger partial charge in [0.05, 0.1) is 17.6 Å². The number of fused-ring (bicyclic) bond motifs is 2. The number of hydrogen-bond donors (Lipinski definition) is 2. The fourth-order valence-corrected chi connectivity index (χ4v) is 4.13. The number of primary amides is 1. The molecule has 6 heteroatoms. The van der Waals surface area contributed by atoms with E-state index in [1.54, 1.807) is 6.07 Å². The predicted molar refractivity (Wildman–Crippen MR) is 116 cm³/mol. The maximum absolute atomic E-state index is 11.9. The van der Waals surface area contributed by atoms with Crippen molar-refractivity contribution in [2.24, 2.45) is 5.73 Å². The summed E-state index contributed by atoms with van der Waals surface area (Å²) < 4.78 is 7.55. The van der Waals surface area contributed by atoms with Crippen molar-refractivity contribution in [1.82, 2.24) is 4.40 Å². The van der Waals surface area contributed by atoms with Crippen LogP contribution in [0.1, 0.15) is 18.1 Å². The molecule has 2 aromatic heterocycles. The summed E-state index contributed by atoms with van der Waals surface area (Å²) in [6.45, 7) is 1.57. The summed E-state index contributed by atoms with van der Waals surface area (Å²) in [7, 11) is 0. The van der Waals surface area contributed by atoms with Crippen LogP contribution in [0.15, 0.2) is 60.8 Å². The number of nitrogens with zero attached hydrogens (tertiary/aromatic N) is 1. The largest absolute Gasteiger partial charge is 0.480 e. The number of aromatic nitrogens is 1. The van der Waals surface area contributed by atoms with E-state index in [0.717, 1.165) is 33.2 Å². The van der Waals surface area contributed by atoms with E-state index in [1.807, 2.05) is 41.8 Å². The Labute approximate surface area is 173 Å². The van der Waals surface area contributed by atoms with Crippen molar-refractivity contribution in [3.05, 3.63) is 71.9 Å². The second kappa shape index (κ2) is 7.91. The SMILES string of the molecule is CCc1c(CC(N)=O)c2c(OCC(=O)O)cccn2c1-c1cccc2ccccc12. The van der Waals surface area contributed by atoms with E-state index in [-0.39, 0.29) is 6.42 Å². The third-order valence-corrected chi connectivity index (χ3v) is 5.23. The number of carboxylic acid groups (broad SMARTS) is 1. The number of ether oxygens (including phenoxy) is 1. The van der Waals surface area contributed by atoms with E-state index in [2.05, 4.69) is 24.3 Å². The highest BCUT2D eigenvalue weighted by Gasteiger charge is 2.23. The normalized spacial score (nSPS) is 11.1. The summed E-state index contributed by atoms with van der Waals surface area (Å²) in [5.74, 6) is -1.10. The maximum Gasteiger partial charge on any atom is 0.341 e. The highest BCUT2D eigenvalue weighted by molar-refractivity contribution is 5.99. The average molecular weight is 402 g/mol. The number of amides is 1. The molecular weight excluding hydrogens is 380 g/mol. The third kappa shape index (κ3) is 3.37. The molecule has 2 heterocycles. The van der Waals surface area contributed by atoms with E-state index < -0.39 is 18.5 Å². The molecule has 0 aliphatic rings. The topological polar surface area (TPSA) is 94.0 Å². The second-order valence-electron chi connectivity index (χ2n) is 7.10. The van der Waals surface area contributed by atoms with Crippen molar-refractivity contribution in [3.8, 4) is 17.0 Å². The molecule has 4 aromatic rings. The Morgan fingerprint density at radius 2 is 1.80 bits per heavy atom. The van der Waals surface area contributed by atoms with Crippen LogP contribution in [0.5, 0.6) is 5.75 Å². The van der Waals surface area contributed by atoms with E-state index in [4.69, 9.17) is 15.6 Å². The lowest BCUT2D eigenvalue weighted by atomic mass is 9.96. The van der Waals surface area contributed by atoms with Gasteiger partial charge in [-0.05, 0) is 40.5 Å². The molecule has 30 heavy (non-hydrogen) atoms. The van der Waals surface area contributed by atoms with Gasteiger partial charge in [0.15, 0.2) is 6.61 Å². The fraction of sp³-hybridized carbons (Fsp3) is 0.167. The number of carbonyl (C=O) groups is 2. The Morgan fingerprint density at radius 3 is 2.53 bits per heavy atom. The maximum atomic E-state index is 11.9. The van der Waals surface area contributed by atoms with Crippen molar-refractivity contribution in [1.29, 1.82) is 0 Å². The van der Waals surface area contributed by atoms with Crippen LogP contribution in [-0.2, 0) is 22.4 Å². The van der Waals surface area contributed by atoms with Gasteiger partial charge in [0.1, 0.15) is 5.75 Å². The molecule has 0 bridgehead atoms. The first-order chi connectivity index (χ1) is 14.5. The molecule has 0 spiro atoms. The number of carbonyl (C=O) groups excluding carboxylic acids is 1. The number of hydrogen-bond acceptors (Lipinski definition) is 3. The smallest absolute Gasteiger partial charge is 0.341 e. The van der Waals surface area contributed by atoms with Crippen LogP contribution in [-0.4, -0.2) is 28.0 Å². The van der Waals surface area contributed by atoms with E-state index in [0.29, 0.717) is 17.7 Å². The first kappa shape index (κ1) is 19.5. The highest BCUT2D eigenvalue weighted by Crippen LogP contribution is 2.39. The molecule has 0 atom stereocenters. The summed E-state index contributed by atoms with van der Waals surface area (Å²) in [4.78, 5) is 23.0. The van der Waals surface area contributed by atoms with Crippen molar-refractivity contribution in [2.45, 2.75) is 19.8 Å². The van der Waals surface area contributed by atoms with Crippen molar-refractivity contribution in [2.75, 3.05) is 6.61 Å². The second-order valence-corrected chi connectivity index (χ2v) is 7.10. The molecule has 4 rings (SSSR count). The molecule has 0 saturated carbocycles. The highest BCUT2D eigenvalue weighted by atomic mass is 16.5. The number of rotatable bonds is 7. The zero-order valence-corrected chi connectivity index (χ0v) is 16.6. The van der Waals surface area contributed by atoms with Gasteiger partial charge in [-0.1, -0.05) is 49.4 Å². The predicted octanol–water partition coefficient (Wildman–Crippen LogP) is 3.81. The summed E-state index contributed by atoms with van der Waals surface area (Å²) in [6.07, 6.45) is 2.63. The molecule has 0 radical (unpaired) electrons. The lowest BCUT2D eigenvalue weighted by Gasteiger charge is -2.11. The zero-order chi connectivity index (χ0) is 21.3. The monoisotopic (exact) mass is 402 g/mol. The van der Waals surface area contributed by atoms with Gasteiger partial charge >= 0.3 is 5.97 Å². The van der Waals surface area contributed by atoms with Gasteiger partial charge in [0, 0.05) is 11.8 Å². The molecule has 3 N–H and O–H groups in total. The molecular formula is C24H22N2O4. The van der Waals surface area contributed by atoms with Crippen LogP contribution in [0, 0.1) is 0 Å². The molecule has 0 aliphatic carbocycles. The number of carboxylic acids is 1. The molecule has 0 unspecified atom stereocenters. The minimum absolute atomic E-state index is 0.0465. The number of pyridine rings is 1. The van der Waals surface area contributed by atoms with Crippen molar-refractivity contribution < 1.29 is 19.4 Å². The Hall–Kier alpha value is -3.80. The Kier molecular flexibility index (Phi) is 5.14. The minimum Gasteiger partial charge on any atom is -0.480 e. The van der Waals surface area contributed by atoms with Crippen LogP contribution >= 0.6 is 0 Å². The van der Waals surface area contributed by atoms with Crippen LogP contribution in [0.4, 0.5) is 0 Å². The number of benzene rings is 2. The molecule has 2 aromatic carbocycles. The summed E-state index contributed by atoms with van der Waals surface area (Å²) in [5, 5.41) is 11.3. The van der Waals surface area contributed by atoms with E-state index >= 15 is 0 Å². The van der Waals surface area contributed by atoms with E-state index in [1.165, 1.54) is 0 Å². The van der Waals surface area contributed by atoms with Crippen molar-refractivity contribution in [3.63, 3.8) is 0 Å². The molecule has 1 amide bonds. The first-order valence-corrected chi connectivity index (χ1v) is 9.77. The lowest BCUT2D eigenvalue weighted by molar-refractivity contribution is -0.139. The molecule has 6 nitrogen and oxygen atoms in total. The lowest BCUT2D eigenvalue weighted by Crippen LogP contribution is -2.15. The number of aliphatic carboxylic acids is 1. The van der Waals surface area contributed by atoms with E-state index in [9.17, 15) is 9.59 Å². The Balaban J connectivity index is 2.08. The quantitative estimate of drug-likeness (QED) is 0.491. The van der Waals surface area contributed by atoms with Crippen LogP contribution in [0.25, 0.3) is 27.5 Å². The summed E-state index contributed by atoms with van der Waals surface area (Å²) in [5.41, 5.74) is 10.0. The average Bonchev–Trinajstić information content (AvgIpc) is 3.04. The first-order valence-electron chi connectivity index (χ1n) is 9.77. The molecule has 0 fully saturated rings. The van der Waals surface area contributed by atoms with Crippen LogP contribution in [0.3, 0.4) is 0 Å². The summed E-state index contributed by atoms with van der Waals surface area (Å²) in [6, 6.07) is 17.8. The minimum atomic E-state index is -1.06. The molecule has 0 aliphatic heterocycles. The van der Waals surface area contributed by atoms with Crippen LogP contribution < -0.4 is 10.5 Å².